The van der Waals surface area contributed by atoms with E-state index in [9.17, 15) is 44.4 Å². The fraction of sp³-hybridized carbons (Fsp3) is 0.457. The van der Waals surface area contributed by atoms with E-state index < -0.39 is 62.4 Å². The van der Waals surface area contributed by atoms with Crippen molar-refractivity contribution in [3.05, 3.63) is 71.8 Å². The summed E-state index contributed by atoms with van der Waals surface area (Å²) in [6.45, 7) is 5.55. The predicted molar refractivity (Wildman–Crippen MR) is 191 cm³/mol. The van der Waals surface area contributed by atoms with Crippen LogP contribution in [0.5, 0.6) is 0 Å². The van der Waals surface area contributed by atoms with Gasteiger partial charge in [-0.3, -0.25) is 23.9 Å². The Morgan fingerprint density at radius 3 is 1.86 bits per heavy atom. The number of pyridine rings is 1. The summed E-state index contributed by atoms with van der Waals surface area (Å²) in [5.74, 6) is -2.77. The molecule has 0 saturated carbocycles. The summed E-state index contributed by atoms with van der Waals surface area (Å²) in [6.07, 6.45) is 4.40. The zero-order valence-corrected chi connectivity index (χ0v) is 32.7. The van der Waals surface area contributed by atoms with Crippen LogP contribution in [0.4, 0.5) is 30.9 Å². The number of carbonyl (C=O) groups excluding carboxylic acids is 4. The third-order valence-electron chi connectivity index (χ3n) is 7.53. The molecule has 22 heteroatoms. The molecule has 4 rings (SSSR count). The molecule has 0 spiro atoms. The second kappa shape index (κ2) is 18.9. The van der Waals surface area contributed by atoms with E-state index in [-0.39, 0.29) is 13.2 Å². The summed E-state index contributed by atoms with van der Waals surface area (Å²) in [7, 11) is -6.62. The van der Waals surface area contributed by atoms with E-state index in [1.54, 1.807) is 10.9 Å². The van der Waals surface area contributed by atoms with Crippen LogP contribution >= 0.6 is 7.81 Å². The minimum atomic E-state index is -10.7. The average Bonchev–Trinajstić information content (AvgIpc) is 3.54. The molecule has 1 saturated heterocycles. The van der Waals surface area contributed by atoms with Crippen molar-refractivity contribution in [2.24, 2.45) is 0 Å². The normalized spacial score (nSPS) is 20.6. The van der Waals surface area contributed by atoms with Crippen molar-refractivity contribution in [3.63, 3.8) is 0 Å². The first kappa shape index (κ1) is 46.2. The predicted octanol–water partition coefficient (Wildman–Crippen LogP) is 5.87. The number of ether oxygens (including phenoxy) is 6. The van der Waals surface area contributed by atoms with Gasteiger partial charge in [0, 0.05) is 72.6 Å². The summed E-state index contributed by atoms with van der Waals surface area (Å²) in [6, 6.07) is 12.5. The number of aryl methyl sites for hydroxylation is 2. The van der Waals surface area contributed by atoms with Crippen LogP contribution in [0.15, 0.2) is 55.0 Å². The van der Waals surface area contributed by atoms with Crippen LogP contribution in [-0.4, -0.2) is 90.3 Å². The van der Waals surface area contributed by atoms with Crippen molar-refractivity contribution >= 4 is 49.5 Å². The van der Waals surface area contributed by atoms with Crippen LogP contribution in [0.25, 0.3) is 12.2 Å². The van der Waals surface area contributed by atoms with E-state index in [4.69, 9.17) is 28.4 Å². The van der Waals surface area contributed by atoms with Crippen LogP contribution in [0, 0.1) is 0 Å². The summed E-state index contributed by atoms with van der Waals surface area (Å²) >= 11 is 0. The van der Waals surface area contributed by atoms with E-state index >= 15 is 0 Å². The molecule has 3 heterocycles. The molecule has 0 N–H and O–H groups in total. The standard InChI is InChI=1S/C35H44N5O10.F6P/c1-23(41)45-22-31-32(47-24(2)42)33(48-25(3)43)34(49-26(4)44)35(50-31)46-21-29-20-40(37-36-29)17-7-16-39-18-14-28(15-19-39)9-8-27-10-12-30(13-11-27)38(5)6;1-7(2,3,4,5)6/h8-15,18-20,31-35H,7,16-17,21-22H2,1-6H3;/q+1;-1/t31-,32-,33+,34-,35-;/m1./s1. The quantitative estimate of drug-likeness (QED) is 0.0588. The molecule has 1 fully saturated rings. The van der Waals surface area contributed by atoms with E-state index in [1.165, 1.54) is 6.92 Å². The Hall–Kier alpha value is -5.14. The molecule has 0 bridgehead atoms. The van der Waals surface area contributed by atoms with Gasteiger partial charge in [0.2, 0.25) is 0 Å². The van der Waals surface area contributed by atoms with Gasteiger partial charge in [-0.15, -0.1) is 5.10 Å². The van der Waals surface area contributed by atoms with Crippen molar-refractivity contribution < 1.29 is 77.3 Å². The Labute approximate surface area is 323 Å². The van der Waals surface area contributed by atoms with Crippen molar-refractivity contribution in [2.45, 2.75) is 84.5 Å². The molecule has 3 aromatic rings. The third kappa shape index (κ3) is 18.6. The van der Waals surface area contributed by atoms with Crippen LogP contribution in [0.1, 0.15) is 50.9 Å². The number of rotatable bonds is 15. The maximum absolute atomic E-state index is 12.0. The number of esters is 4. The van der Waals surface area contributed by atoms with E-state index in [2.05, 4.69) is 68.3 Å². The van der Waals surface area contributed by atoms with Gasteiger partial charge in [-0.05, 0) is 23.3 Å². The Morgan fingerprint density at radius 2 is 1.33 bits per heavy atom. The second-order valence-electron chi connectivity index (χ2n) is 12.9. The Balaban J connectivity index is 0.00000113. The molecule has 57 heavy (non-hydrogen) atoms. The molecule has 0 radical (unpaired) electrons. The number of halogens is 6. The zero-order valence-electron chi connectivity index (χ0n) is 31.8. The van der Waals surface area contributed by atoms with E-state index in [1.807, 2.05) is 26.5 Å². The van der Waals surface area contributed by atoms with Crippen molar-refractivity contribution in [3.8, 4) is 0 Å². The molecule has 316 valence electrons. The number of carbonyl (C=O) groups is 4. The van der Waals surface area contributed by atoms with Crippen molar-refractivity contribution in [1.82, 2.24) is 15.0 Å². The van der Waals surface area contributed by atoms with Gasteiger partial charge in [0.1, 0.15) is 24.9 Å². The summed E-state index contributed by atoms with van der Waals surface area (Å²) in [5.41, 5.74) is 3.83. The van der Waals surface area contributed by atoms with Gasteiger partial charge in [0.25, 0.3) is 0 Å². The molecule has 0 unspecified atom stereocenters. The summed E-state index contributed by atoms with van der Waals surface area (Å²) in [5, 5.41) is 8.35. The first-order valence-corrected chi connectivity index (χ1v) is 19.2. The summed E-state index contributed by atoms with van der Waals surface area (Å²) < 4.78 is 96.2. The van der Waals surface area contributed by atoms with Gasteiger partial charge in [-0.25, -0.2) is 4.57 Å². The molecule has 0 amide bonds. The van der Waals surface area contributed by atoms with E-state index in [0.717, 1.165) is 50.6 Å². The van der Waals surface area contributed by atoms with Crippen LogP contribution in [0.3, 0.4) is 0 Å². The molecular formula is C35H44F6N5O10P. The zero-order chi connectivity index (χ0) is 42.6. The first-order valence-electron chi connectivity index (χ1n) is 17.1. The molecule has 1 aliphatic heterocycles. The van der Waals surface area contributed by atoms with E-state index in [0.29, 0.717) is 12.2 Å². The molecular weight excluding hydrogens is 795 g/mol. The SMILES string of the molecule is CC(=O)OC[C@H]1O[C@@H](OCc2cn(CCC[n+]3ccc(/C=C/c4ccc(N(C)C)cc4)cc3)nn2)[C@H](OC(C)=O)[C@@H](OC(C)=O)[C@@H]1OC(C)=O.F[P-](F)(F)(F)(F)F. The number of nitrogens with zero attached hydrogens (tertiary/aromatic N) is 5. The maximum atomic E-state index is 12.0. The van der Waals surface area contributed by atoms with Crippen molar-refractivity contribution in [2.75, 3.05) is 25.6 Å². The van der Waals surface area contributed by atoms with Gasteiger partial charge in [-0.2, -0.15) is 0 Å². The fourth-order valence-electron chi connectivity index (χ4n) is 5.22. The number of benzene rings is 1. The van der Waals surface area contributed by atoms with Gasteiger partial charge in [0.15, 0.2) is 37.0 Å². The molecule has 1 aliphatic rings. The third-order valence-corrected chi connectivity index (χ3v) is 7.53. The number of aromatic nitrogens is 4. The molecule has 5 atom stereocenters. The van der Waals surface area contributed by atoms with Crippen LogP contribution in [-0.2, 0) is 67.3 Å². The molecule has 1 aromatic carbocycles. The summed E-state index contributed by atoms with van der Waals surface area (Å²) in [4.78, 5) is 49.6. The second-order valence-corrected chi connectivity index (χ2v) is 14.8. The fourth-order valence-corrected chi connectivity index (χ4v) is 5.22. The molecule has 2 aromatic heterocycles. The average molecular weight is 840 g/mol. The Morgan fingerprint density at radius 1 is 0.807 bits per heavy atom. The van der Waals surface area contributed by atoms with Gasteiger partial charge < -0.3 is 33.3 Å². The number of hydrogen-bond donors (Lipinski definition) is 0. The van der Waals surface area contributed by atoms with Gasteiger partial charge in [0.05, 0.1) is 12.8 Å². The Bertz CT molecular complexity index is 1850. The van der Waals surface area contributed by atoms with Gasteiger partial charge >= 0.3 is 56.9 Å². The minimum absolute atomic E-state index is 0.114. The number of hydrogen-bond acceptors (Lipinski definition) is 13. The van der Waals surface area contributed by atoms with Crippen LogP contribution < -0.4 is 9.47 Å². The monoisotopic (exact) mass is 839 g/mol. The first-order chi connectivity index (χ1) is 26.3. The molecule has 15 nitrogen and oxygen atoms in total. The molecule has 0 aliphatic carbocycles. The number of anilines is 1. The van der Waals surface area contributed by atoms with Crippen LogP contribution in [0.2, 0.25) is 0 Å². The Kier molecular flexibility index (Phi) is 15.3. The van der Waals surface area contributed by atoms with Crippen molar-refractivity contribution in [1.29, 1.82) is 0 Å². The van der Waals surface area contributed by atoms with Gasteiger partial charge in [-0.1, -0.05) is 29.5 Å². The topological polar surface area (TPSA) is 161 Å².